The quantitative estimate of drug-likeness (QED) is 0.796. The van der Waals surface area contributed by atoms with Crippen molar-refractivity contribution in [3.05, 3.63) is 52.0 Å². The first-order valence-electron chi connectivity index (χ1n) is 7.01. The van der Waals surface area contributed by atoms with Crippen molar-refractivity contribution < 1.29 is 23.1 Å². The third-order valence-corrected chi connectivity index (χ3v) is 5.72. The summed E-state index contributed by atoms with van der Waals surface area (Å²) in [4.78, 5) is 11.1. The van der Waals surface area contributed by atoms with E-state index in [0.717, 1.165) is 0 Å². The van der Waals surface area contributed by atoms with Gasteiger partial charge in [0.2, 0.25) is 0 Å². The van der Waals surface area contributed by atoms with E-state index in [9.17, 15) is 13.2 Å². The summed E-state index contributed by atoms with van der Waals surface area (Å²) in [5.41, 5.74) is 0.584. The highest BCUT2D eigenvalue weighted by Crippen LogP contribution is 2.33. The van der Waals surface area contributed by atoms with Crippen molar-refractivity contribution in [3.63, 3.8) is 0 Å². The van der Waals surface area contributed by atoms with E-state index in [0.29, 0.717) is 15.6 Å². The summed E-state index contributed by atoms with van der Waals surface area (Å²) in [5.74, 6) is -0.811. The number of rotatable bonds is 6. The number of methoxy groups -OCH3 is 1. The van der Waals surface area contributed by atoms with E-state index in [1.165, 1.54) is 43.5 Å². The van der Waals surface area contributed by atoms with Gasteiger partial charge in [-0.15, -0.1) is 0 Å². The summed E-state index contributed by atoms with van der Waals surface area (Å²) in [7, 11) is -2.71. The van der Waals surface area contributed by atoms with Crippen molar-refractivity contribution in [2.75, 3.05) is 18.0 Å². The number of benzene rings is 2. The highest BCUT2D eigenvalue weighted by Gasteiger charge is 2.29. The van der Waals surface area contributed by atoms with Crippen LogP contribution in [0.15, 0.2) is 41.3 Å². The Kier molecular flexibility index (Phi) is 5.82. The van der Waals surface area contributed by atoms with Crippen LogP contribution >= 0.6 is 23.2 Å². The van der Waals surface area contributed by atoms with Crippen molar-refractivity contribution in [3.8, 4) is 5.75 Å². The lowest BCUT2D eigenvalue weighted by Gasteiger charge is -2.24. The molecule has 0 amide bonds. The number of sulfonamides is 1. The first-order chi connectivity index (χ1) is 11.7. The van der Waals surface area contributed by atoms with Gasteiger partial charge in [-0.3, -0.25) is 9.10 Å². The second kappa shape index (κ2) is 7.51. The number of hydrogen-bond acceptors (Lipinski definition) is 4. The Bertz CT molecular complexity index is 915. The van der Waals surface area contributed by atoms with Gasteiger partial charge in [-0.2, -0.15) is 0 Å². The van der Waals surface area contributed by atoms with Crippen LogP contribution in [0.5, 0.6) is 5.75 Å². The van der Waals surface area contributed by atoms with Crippen LogP contribution in [0.4, 0.5) is 5.69 Å². The molecule has 0 unspecified atom stereocenters. The molecule has 2 aromatic carbocycles. The molecule has 2 aromatic rings. The molecular formula is C16H15Cl2NO5S. The second-order valence-electron chi connectivity index (χ2n) is 5.13. The highest BCUT2D eigenvalue weighted by atomic mass is 35.5. The zero-order valence-electron chi connectivity index (χ0n) is 13.4. The maximum atomic E-state index is 13.0. The van der Waals surface area contributed by atoms with Gasteiger partial charge in [0.25, 0.3) is 10.0 Å². The van der Waals surface area contributed by atoms with Crippen LogP contribution in [0, 0.1) is 6.92 Å². The minimum absolute atomic E-state index is 0.00922. The molecule has 1 N–H and O–H groups in total. The maximum absolute atomic E-state index is 13.0. The number of halogens is 2. The van der Waals surface area contributed by atoms with Gasteiger partial charge < -0.3 is 9.84 Å². The summed E-state index contributed by atoms with van der Waals surface area (Å²) in [6, 6.07) is 8.44. The van der Waals surface area contributed by atoms with E-state index in [4.69, 9.17) is 33.0 Å². The zero-order valence-corrected chi connectivity index (χ0v) is 15.7. The fourth-order valence-electron chi connectivity index (χ4n) is 2.24. The van der Waals surface area contributed by atoms with Crippen LogP contribution in [0.1, 0.15) is 5.56 Å². The number of carboxylic acid groups (broad SMARTS) is 1. The number of ether oxygens (including phenoxy) is 1. The smallest absolute Gasteiger partial charge is 0.324 e. The second-order valence-corrected chi connectivity index (χ2v) is 7.84. The number of aryl methyl sites for hydroxylation is 1. The summed E-state index contributed by atoms with van der Waals surface area (Å²) in [5, 5.41) is 9.45. The number of anilines is 1. The molecule has 0 bridgehead atoms. The molecule has 9 heteroatoms. The largest absolute Gasteiger partial charge is 0.496 e. The average Bonchev–Trinajstić information content (AvgIpc) is 2.54. The minimum Gasteiger partial charge on any atom is -0.496 e. The predicted molar refractivity (Wildman–Crippen MR) is 96.4 cm³/mol. The maximum Gasteiger partial charge on any atom is 0.324 e. The molecule has 0 aromatic heterocycles. The molecule has 0 fully saturated rings. The third-order valence-electron chi connectivity index (χ3n) is 3.41. The number of carboxylic acids is 1. The molecule has 25 heavy (non-hydrogen) atoms. The Balaban J connectivity index is 2.62. The molecule has 0 aliphatic rings. The van der Waals surface area contributed by atoms with Crippen molar-refractivity contribution >= 4 is 44.9 Å². The fourth-order valence-corrected chi connectivity index (χ4v) is 4.18. The van der Waals surface area contributed by atoms with Crippen LogP contribution in [-0.4, -0.2) is 33.1 Å². The van der Waals surface area contributed by atoms with Crippen LogP contribution in [0.2, 0.25) is 10.0 Å². The summed E-state index contributed by atoms with van der Waals surface area (Å²) < 4.78 is 31.8. The van der Waals surface area contributed by atoms with Gasteiger partial charge in [0.1, 0.15) is 12.3 Å². The summed E-state index contributed by atoms with van der Waals surface area (Å²) in [6.07, 6.45) is 0. The van der Waals surface area contributed by atoms with Gasteiger partial charge in [-0.05, 0) is 48.9 Å². The van der Waals surface area contributed by atoms with Crippen LogP contribution in [0.3, 0.4) is 0 Å². The van der Waals surface area contributed by atoms with Crippen molar-refractivity contribution in [2.45, 2.75) is 11.8 Å². The predicted octanol–water partition coefficient (Wildman–Crippen LogP) is 3.59. The monoisotopic (exact) mass is 403 g/mol. The lowest BCUT2D eigenvalue weighted by Crippen LogP contribution is -2.36. The number of carbonyl (C=O) groups is 1. The Morgan fingerprint density at radius 3 is 2.44 bits per heavy atom. The number of aliphatic carboxylic acids is 1. The van der Waals surface area contributed by atoms with Gasteiger partial charge in [0.05, 0.1) is 22.7 Å². The number of nitrogens with zero attached hydrogens (tertiary/aromatic N) is 1. The topological polar surface area (TPSA) is 83.9 Å². The molecule has 0 aliphatic carbocycles. The van der Waals surface area contributed by atoms with Gasteiger partial charge >= 0.3 is 5.97 Å². The SMILES string of the molecule is COc1ccc(S(=O)(=O)N(CC(=O)O)c2cc(Cl)ccc2Cl)cc1C. The number of hydrogen-bond donors (Lipinski definition) is 1. The third kappa shape index (κ3) is 4.18. The van der Waals surface area contributed by atoms with E-state index in [2.05, 4.69) is 0 Å². The van der Waals surface area contributed by atoms with E-state index in [-0.39, 0.29) is 20.6 Å². The van der Waals surface area contributed by atoms with E-state index in [1.54, 1.807) is 6.92 Å². The summed E-state index contributed by atoms with van der Waals surface area (Å²) in [6.45, 7) is 0.888. The van der Waals surface area contributed by atoms with Gasteiger partial charge in [0.15, 0.2) is 0 Å². The lowest BCUT2D eigenvalue weighted by atomic mass is 10.2. The summed E-state index contributed by atoms with van der Waals surface area (Å²) >= 11 is 12.0. The highest BCUT2D eigenvalue weighted by molar-refractivity contribution is 7.92. The Hall–Kier alpha value is -1.96. The Morgan fingerprint density at radius 2 is 1.88 bits per heavy atom. The molecular weight excluding hydrogens is 389 g/mol. The van der Waals surface area contributed by atoms with Gasteiger partial charge in [0, 0.05) is 5.02 Å². The van der Waals surface area contributed by atoms with Crippen LogP contribution < -0.4 is 9.04 Å². The first kappa shape index (κ1) is 19.4. The molecule has 0 spiro atoms. The van der Waals surface area contributed by atoms with Crippen molar-refractivity contribution in [2.24, 2.45) is 0 Å². The minimum atomic E-state index is -4.18. The van der Waals surface area contributed by atoms with E-state index in [1.807, 2.05) is 0 Å². The molecule has 0 radical (unpaired) electrons. The van der Waals surface area contributed by atoms with Gasteiger partial charge in [-0.25, -0.2) is 8.42 Å². The standard InChI is InChI=1S/C16H15Cl2NO5S/c1-10-7-12(4-6-15(10)24-2)25(22,23)19(9-16(20)21)14-8-11(17)3-5-13(14)18/h3-8H,9H2,1-2H3,(H,20,21). The molecule has 0 atom stereocenters. The van der Waals surface area contributed by atoms with E-state index < -0.39 is 22.5 Å². The molecule has 134 valence electrons. The average molecular weight is 404 g/mol. The molecule has 6 nitrogen and oxygen atoms in total. The van der Waals surface area contributed by atoms with Crippen LogP contribution in [0.25, 0.3) is 0 Å². The molecule has 0 saturated carbocycles. The van der Waals surface area contributed by atoms with Crippen LogP contribution in [-0.2, 0) is 14.8 Å². The molecule has 0 aliphatic heterocycles. The van der Waals surface area contributed by atoms with Crippen molar-refractivity contribution in [1.82, 2.24) is 0 Å². The van der Waals surface area contributed by atoms with Crippen molar-refractivity contribution in [1.29, 1.82) is 0 Å². The fraction of sp³-hybridized carbons (Fsp3) is 0.188. The first-order valence-corrected chi connectivity index (χ1v) is 9.20. The van der Waals surface area contributed by atoms with E-state index >= 15 is 0 Å². The van der Waals surface area contributed by atoms with Gasteiger partial charge in [-0.1, -0.05) is 23.2 Å². The normalized spacial score (nSPS) is 11.2. The molecule has 0 heterocycles. The Morgan fingerprint density at radius 1 is 1.20 bits per heavy atom. The zero-order chi connectivity index (χ0) is 18.8. The lowest BCUT2D eigenvalue weighted by molar-refractivity contribution is -0.135. The molecule has 0 saturated heterocycles. The molecule has 2 rings (SSSR count). The Labute approximate surface area is 155 Å².